The average molecular weight is 255 g/mol. The molecule has 1 aliphatic heterocycles. The minimum Gasteiger partial charge on any atom is -0.381 e. The van der Waals surface area contributed by atoms with Gasteiger partial charge in [-0.15, -0.1) is 0 Å². The first-order chi connectivity index (χ1) is 8.69. The molecule has 2 aliphatic rings. The van der Waals surface area contributed by atoms with E-state index in [1.54, 1.807) is 7.11 Å². The zero-order valence-electron chi connectivity index (χ0n) is 11.3. The summed E-state index contributed by atoms with van der Waals surface area (Å²) in [6.07, 6.45) is 4.93. The van der Waals surface area contributed by atoms with Gasteiger partial charge in [0.2, 0.25) is 5.91 Å². The Labute approximate surface area is 109 Å². The third kappa shape index (κ3) is 2.68. The number of nitrogens with two attached hydrogens (primary N) is 1. The van der Waals surface area contributed by atoms with Crippen molar-refractivity contribution in [3.63, 3.8) is 0 Å². The highest BCUT2D eigenvalue weighted by molar-refractivity contribution is 5.84. The third-order valence-electron chi connectivity index (χ3n) is 4.42. The second-order valence-electron chi connectivity index (χ2n) is 5.44. The second kappa shape index (κ2) is 5.99. The van der Waals surface area contributed by atoms with Crippen molar-refractivity contribution in [2.75, 3.05) is 33.3 Å². The van der Waals surface area contributed by atoms with Gasteiger partial charge in [-0.05, 0) is 32.2 Å². The fourth-order valence-corrected chi connectivity index (χ4v) is 3.34. The Morgan fingerprint density at radius 1 is 1.39 bits per heavy atom. The van der Waals surface area contributed by atoms with Crippen LogP contribution in [0.2, 0.25) is 0 Å². The Balaban J connectivity index is 2.16. The van der Waals surface area contributed by atoms with Crippen LogP contribution in [0.25, 0.3) is 0 Å². The number of methoxy groups -OCH3 is 1. The maximum absolute atomic E-state index is 12.1. The van der Waals surface area contributed by atoms with Crippen LogP contribution in [-0.4, -0.2) is 55.7 Å². The number of carbonyl (C=O) groups is 1. The summed E-state index contributed by atoms with van der Waals surface area (Å²) in [5.74, 6) is -0.175. The Bertz CT molecular complexity index is 290. The van der Waals surface area contributed by atoms with E-state index in [0.717, 1.165) is 58.3 Å². The topological polar surface area (TPSA) is 67.6 Å². The lowest BCUT2D eigenvalue weighted by Crippen LogP contribution is -2.61. The van der Waals surface area contributed by atoms with Crippen molar-refractivity contribution in [1.29, 1.82) is 0 Å². The van der Waals surface area contributed by atoms with E-state index in [-0.39, 0.29) is 12.0 Å². The fraction of sp³-hybridized carbons (Fsp3) is 0.923. The van der Waals surface area contributed by atoms with Crippen LogP contribution >= 0.6 is 0 Å². The monoisotopic (exact) mass is 255 g/mol. The molecule has 1 aliphatic carbocycles. The van der Waals surface area contributed by atoms with Gasteiger partial charge in [-0.3, -0.25) is 9.69 Å². The molecule has 18 heavy (non-hydrogen) atoms. The molecule has 0 aromatic heterocycles. The van der Waals surface area contributed by atoms with Crippen LogP contribution in [0.3, 0.4) is 0 Å². The van der Waals surface area contributed by atoms with Gasteiger partial charge in [0.05, 0.1) is 6.10 Å². The van der Waals surface area contributed by atoms with Crippen LogP contribution in [-0.2, 0) is 9.53 Å². The van der Waals surface area contributed by atoms with Gasteiger partial charge in [-0.1, -0.05) is 0 Å². The molecule has 104 valence electrons. The smallest absolute Gasteiger partial charge is 0.238 e. The molecule has 3 N–H and O–H groups in total. The Morgan fingerprint density at radius 3 is 2.94 bits per heavy atom. The molecule has 5 nitrogen and oxygen atoms in total. The summed E-state index contributed by atoms with van der Waals surface area (Å²) in [4.78, 5) is 14.3. The van der Waals surface area contributed by atoms with Gasteiger partial charge in [0.15, 0.2) is 0 Å². The predicted molar refractivity (Wildman–Crippen MR) is 70.3 cm³/mol. The van der Waals surface area contributed by atoms with Crippen molar-refractivity contribution in [3.8, 4) is 0 Å². The molecule has 2 fully saturated rings. The van der Waals surface area contributed by atoms with E-state index in [1.165, 1.54) is 0 Å². The Morgan fingerprint density at radius 2 is 2.22 bits per heavy atom. The summed E-state index contributed by atoms with van der Waals surface area (Å²) in [6, 6.07) is 0. The Kier molecular flexibility index (Phi) is 4.59. The van der Waals surface area contributed by atoms with Crippen LogP contribution in [0.4, 0.5) is 0 Å². The molecule has 2 atom stereocenters. The zero-order valence-corrected chi connectivity index (χ0v) is 11.3. The van der Waals surface area contributed by atoms with Crippen molar-refractivity contribution in [2.24, 2.45) is 5.73 Å². The maximum atomic E-state index is 12.1. The van der Waals surface area contributed by atoms with Crippen LogP contribution in [0.5, 0.6) is 0 Å². The van der Waals surface area contributed by atoms with Gasteiger partial charge in [-0.25, -0.2) is 0 Å². The molecular formula is C13H25N3O2. The van der Waals surface area contributed by atoms with Crippen LogP contribution in [0, 0.1) is 0 Å². The first-order valence-electron chi connectivity index (χ1n) is 6.97. The van der Waals surface area contributed by atoms with Crippen molar-refractivity contribution >= 4 is 5.91 Å². The van der Waals surface area contributed by atoms with Gasteiger partial charge in [0.1, 0.15) is 5.54 Å². The van der Waals surface area contributed by atoms with E-state index < -0.39 is 5.54 Å². The van der Waals surface area contributed by atoms with Crippen LogP contribution < -0.4 is 11.1 Å². The lowest BCUT2D eigenvalue weighted by molar-refractivity contribution is -0.136. The van der Waals surface area contributed by atoms with Gasteiger partial charge < -0.3 is 15.8 Å². The van der Waals surface area contributed by atoms with E-state index in [0.29, 0.717) is 0 Å². The fourth-order valence-electron chi connectivity index (χ4n) is 3.34. The highest BCUT2D eigenvalue weighted by Gasteiger charge is 2.46. The molecule has 0 aromatic rings. The summed E-state index contributed by atoms with van der Waals surface area (Å²) in [7, 11) is 1.73. The summed E-state index contributed by atoms with van der Waals surface area (Å²) in [6.45, 7) is 3.82. The van der Waals surface area contributed by atoms with E-state index in [1.807, 2.05) is 0 Å². The van der Waals surface area contributed by atoms with Gasteiger partial charge in [0, 0.05) is 33.2 Å². The van der Waals surface area contributed by atoms with E-state index >= 15 is 0 Å². The lowest BCUT2D eigenvalue weighted by atomic mass is 9.78. The standard InChI is InChI=1S/C13H25N3O2/c1-18-11-4-2-5-13(10-11,12(14)17)16-8-3-6-15-7-9-16/h11,15H,2-10H2,1H3,(H2,14,17). The summed E-state index contributed by atoms with van der Waals surface area (Å²) in [5, 5.41) is 3.37. The molecule has 0 aromatic carbocycles. The normalized spacial score (nSPS) is 35.1. The highest BCUT2D eigenvalue weighted by atomic mass is 16.5. The quantitative estimate of drug-likeness (QED) is 0.750. The SMILES string of the molecule is COC1CCCC(C(N)=O)(N2CCCNCC2)C1. The third-order valence-corrected chi connectivity index (χ3v) is 4.42. The molecule has 5 heteroatoms. The minimum atomic E-state index is -0.481. The van der Waals surface area contributed by atoms with Crippen molar-refractivity contribution in [2.45, 2.75) is 43.7 Å². The van der Waals surface area contributed by atoms with E-state index in [9.17, 15) is 4.79 Å². The number of hydrogen-bond acceptors (Lipinski definition) is 4. The van der Waals surface area contributed by atoms with Gasteiger partial charge >= 0.3 is 0 Å². The largest absolute Gasteiger partial charge is 0.381 e. The average Bonchev–Trinajstić information content (AvgIpc) is 2.67. The molecule has 1 saturated heterocycles. The number of ether oxygens (including phenoxy) is 1. The van der Waals surface area contributed by atoms with E-state index in [4.69, 9.17) is 10.5 Å². The number of nitrogens with one attached hydrogen (secondary N) is 1. The number of carbonyl (C=O) groups excluding carboxylic acids is 1. The molecule has 1 heterocycles. The summed E-state index contributed by atoms with van der Waals surface area (Å²) in [5.41, 5.74) is 5.26. The first kappa shape index (κ1) is 13.8. The number of primary amides is 1. The lowest BCUT2D eigenvalue weighted by Gasteiger charge is -2.45. The number of hydrogen-bond donors (Lipinski definition) is 2. The van der Waals surface area contributed by atoms with Crippen molar-refractivity contribution in [3.05, 3.63) is 0 Å². The Hall–Kier alpha value is -0.650. The molecule has 1 amide bonds. The highest BCUT2D eigenvalue weighted by Crippen LogP contribution is 2.35. The number of nitrogens with zero attached hydrogens (tertiary/aromatic N) is 1. The minimum absolute atomic E-state index is 0.169. The number of amides is 1. The molecule has 0 radical (unpaired) electrons. The molecule has 2 rings (SSSR count). The molecule has 0 bridgehead atoms. The predicted octanol–water partition coefficient (Wildman–Crippen LogP) is 0.0948. The van der Waals surface area contributed by atoms with E-state index in [2.05, 4.69) is 10.2 Å². The van der Waals surface area contributed by atoms with Gasteiger partial charge in [-0.2, -0.15) is 0 Å². The van der Waals surface area contributed by atoms with Gasteiger partial charge in [0.25, 0.3) is 0 Å². The first-order valence-corrected chi connectivity index (χ1v) is 6.97. The molecule has 1 saturated carbocycles. The number of rotatable bonds is 3. The molecule has 0 spiro atoms. The van der Waals surface area contributed by atoms with Crippen molar-refractivity contribution in [1.82, 2.24) is 10.2 Å². The summed E-state index contributed by atoms with van der Waals surface area (Å²) >= 11 is 0. The maximum Gasteiger partial charge on any atom is 0.238 e. The van der Waals surface area contributed by atoms with Crippen LogP contribution in [0.1, 0.15) is 32.1 Å². The second-order valence-corrected chi connectivity index (χ2v) is 5.44. The molecular weight excluding hydrogens is 230 g/mol. The van der Waals surface area contributed by atoms with Crippen molar-refractivity contribution < 1.29 is 9.53 Å². The molecule has 2 unspecified atom stereocenters. The summed E-state index contributed by atoms with van der Waals surface area (Å²) < 4.78 is 5.47. The zero-order chi connectivity index (χ0) is 13.0. The van der Waals surface area contributed by atoms with Crippen LogP contribution in [0.15, 0.2) is 0 Å².